The van der Waals surface area contributed by atoms with Crippen LogP contribution in [0.2, 0.25) is 0 Å². The molecule has 1 spiro atoms. The summed E-state index contributed by atoms with van der Waals surface area (Å²) in [5.74, 6) is 1.23. The zero-order valence-corrected chi connectivity index (χ0v) is 14.6. The fourth-order valence-electron chi connectivity index (χ4n) is 3.80. The number of nitrogens with zero attached hydrogens (tertiary/aromatic N) is 2. The van der Waals surface area contributed by atoms with Gasteiger partial charge in [0.1, 0.15) is 5.76 Å². The number of carbonyl (C=O) groups excluding carboxylic acids is 1. The Morgan fingerprint density at radius 1 is 1.43 bits per heavy atom. The molecule has 23 heavy (non-hydrogen) atoms. The van der Waals surface area contributed by atoms with Gasteiger partial charge in [0.25, 0.3) is 0 Å². The van der Waals surface area contributed by atoms with Crippen LogP contribution in [0.1, 0.15) is 44.3 Å². The number of aromatic nitrogens is 1. The Labute approximate surface area is 143 Å². The summed E-state index contributed by atoms with van der Waals surface area (Å²) in [5.41, 5.74) is 0.279. The van der Waals surface area contributed by atoms with Crippen LogP contribution in [0.15, 0.2) is 10.6 Å². The average molecular weight is 343 g/mol. The number of rotatable bonds is 4. The minimum Gasteiger partial charge on any atom is -0.360 e. The van der Waals surface area contributed by atoms with Crippen LogP contribution in [-0.4, -0.2) is 47.7 Å². The number of aryl methyl sites for hydroxylation is 1. The monoisotopic (exact) mass is 342 g/mol. The van der Waals surface area contributed by atoms with E-state index in [1.165, 1.54) is 32.1 Å². The van der Waals surface area contributed by atoms with Crippen molar-refractivity contribution in [3.8, 4) is 0 Å². The van der Waals surface area contributed by atoms with Crippen molar-refractivity contribution in [2.75, 3.05) is 31.5 Å². The summed E-state index contributed by atoms with van der Waals surface area (Å²) in [4.78, 5) is 14.6. The van der Waals surface area contributed by atoms with Gasteiger partial charge in [-0.1, -0.05) is 24.4 Å². The van der Waals surface area contributed by atoms with Gasteiger partial charge in [-0.3, -0.25) is 9.69 Å². The average Bonchev–Trinajstić information content (AvgIpc) is 2.92. The Balaban J connectivity index is 0.00000192. The van der Waals surface area contributed by atoms with Gasteiger partial charge in [-0.05, 0) is 19.8 Å². The molecule has 0 unspecified atom stereocenters. The summed E-state index contributed by atoms with van der Waals surface area (Å²) < 4.78 is 4.97. The second kappa shape index (κ2) is 8.13. The van der Waals surface area contributed by atoms with Gasteiger partial charge < -0.3 is 15.2 Å². The topological polar surface area (TPSA) is 70.4 Å². The Morgan fingerprint density at radius 3 is 2.91 bits per heavy atom. The van der Waals surface area contributed by atoms with Crippen molar-refractivity contribution < 1.29 is 9.32 Å². The summed E-state index contributed by atoms with van der Waals surface area (Å²) in [5, 5.41) is 10.2. The first kappa shape index (κ1) is 18.2. The molecule has 2 aliphatic rings. The van der Waals surface area contributed by atoms with E-state index in [0.29, 0.717) is 18.0 Å². The Morgan fingerprint density at radius 2 is 2.22 bits per heavy atom. The quantitative estimate of drug-likeness (QED) is 0.878. The van der Waals surface area contributed by atoms with E-state index in [-0.39, 0.29) is 23.9 Å². The van der Waals surface area contributed by atoms with Crippen LogP contribution in [0, 0.1) is 6.92 Å². The van der Waals surface area contributed by atoms with E-state index >= 15 is 0 Å². The number of carbonyl (C=O) groups is 1. The molecule has 1 aliphatic heterocycles. The van der Waals surface area contributed by atoms with Crippen LogP contribution in [-0.2, 0) is 4.79 Å². The van der Waals surface area contributed by atoms with E-state index in [4.69, 9.17) is 4.52 Å². The van der Waals surface area contributed by atoms with Crippen molar-refractivity contribution in [2.45, 2.75) is 51.0 Å². The molecule has 1 aromatic rings. The smallest absolute Gasteiger partial charge is 0.226 e. The largest absolute Gasteiger partial charge is 0.360 e. The first-order valence-electron chi connectivity index (χ1n) is 8.37. The maximum Gasteiger partial charge on any atom is 0.226 e. The molecule has 1 saturated heterocycles. The van der Waals surface area contributed by atoms with Crippen molar-refractivity contribution in [3.63, 3.8) is 0 Å². The van der Waals surface area contributed by atoms with Gasteiger partial charge in [-0.2, -0.15) is 0 Å². The molecule has 0 aromatic carbocycles. The van der Waals surface area contributed by atoms with E-state index in [0.717, 1.165) is 26.2 Å². The number of hydrogen-bond donors (Lipinski definition) is 2. The van der Waals surface area contributed by atoms with Crippen LogP contribution in [0.4, 0.5) is 5.82 Å². The fourth-order valence-corrected chi connectivity index (χ4v) is 3.80. The van der Waals surface area contributed by atoms with Crippen LogP contribution >= 0.6 is 12.4 Å². The van der Waals surface area contributed by atoms with Gasteiger partial charge in [-0.15, -0.1) is 12.4 Å². The standard InChI is InChI=1S/C16H26N4O2.ClH/c1-13-11-14(19-22-13)18-15(21)5-9-20-10-8-17-12-16(20)6-3-2-4-7-16;/h11,17H,2-10,12H2,1H3,(H,18,19,21);1H. The van der Waals surface area contributed by atoms with Crippen molar-refractivity contribution >= 4 is 24.1 Å². The SMILES string of the molecule is Cc1cc(NC(=O)CCN2CCNCC23CCCCC3)no1.Cl. The van der Waals surface area contributed by atoms with Crippen molar-refractivity contribution in [1.29, 1.82) is 0 Å². The van der Waals surface area contributed by atoms with E-state index in [2.05, 4.69) is 20.7 Å². The second-order valence-electron chi connectivity index (χ2n) is 6.57. The normalized spacial score (nSPS) is 20.9. The number of hydrogen-bond acceptors (Lipinski definition) is 5. The van der Waals surface area contributed by atoms with Crippen LogP contribution in [0.3, 0.4) is 0 Å². The maximum absolute atomic E-state index is 12.1. The molecule has 1 aromatic heterocycles. The Hall–Kier alpha value is -1.11. The Kier molecular flexibility index (Phi) is 6.44. The highest BCUT2D eigenvalue weighted by Crippen LogP contribution is 2.34. The molecule has 3 rings (SSSR count). The zero-order valence-electron chi connectivity index (χ0n) is 13.8. The number of halogens is 1. The first-order chi connectivity index (χ1) is 10.7. The second-order valence-corrected chi connectivity index (χ2v) is 6.57. The van der Waals surface area contributed by atoms with Gasteiger partial charge in [0.15, 0.2) is 5.82 Å². The molecule has 1 saturated carbocycles. The van der Waals surface area contributed by atoms with Crippen molar-refractivity contribution in [2.24, 2.45) is 0 Å². The van der Waals surface area contributed by atoms with Gasteiger partial charge >= 0.3 is 0 Å². The number of piperazine rings is 1. The maximum atomic E-state index is 12.1. The zero-order chi connectivity index (χ0) is 15.4. The molecule has 7 heteroatoms. The molecule has 0 radical (unpaired) electrons. The molecular formula is C16H27ClN4O2. The highest BCUT2D eigenvalue weighted by Gasteiger charge is 2.39. The van der Waals surface area contributed by atoms with E-state index < -0.39 is 0 Å². The summed E-state index contributed by atoms with van der Waals surface area (Å²) >= 11 is 0. The molecular weight excluding hydrogens is 316 g/mol. The Bertz CT molecular complexity index is 506. The van der Waals surface area contributed by atoms with E-state index in [1.54, 1.807) is 6.07 Å². The molecule has 6 nitrogen and oxygen atoms in total. The van der Waals surface area contributed by atoms with Crippen LogP contribution in [0.25, 0.3) is 0 Å². The predicted molar refractivity (Wildman–Crippen MR) is 92.0 cm³/mol. The number of amides is 1. The first-order valence-corrected chi connectivity index (χ1v) is 8.37. The third-order valence-electron chi connectivity index (χ3n) is 4.97. The molecule has 2 N–H and O–H groups in total. The summed E-state index contributed by atoms with van der Waals surface area (Å²) in [7, 11) is 0. The lowest BCUT2D eigenvalue weighted by molar-refractivity contribution is -0.117. The van der Waals surface area contributed by atoms with Gasteiger partial charge in [0.2, 0.25) is 5.91 Å². The fraction of sp³-hybridized carbons (Fsp3) is 0.750. The molecule has 2 fully saturated rings. The summed E-state index contributed by atoms with van der Waals surface area (Å²) in [6.07, 6.45) is 6.98. The molecule has 0 bridgehead atoms. The lowest BCUT2D eigenvalue weighted by Crippen LogP contribution is -2.62. The summed E-state index contributed by atoms with van der Waals surface area (Å²) in [6.45, 7) is 5.76. The number of anilines is 1. The molecule has 130 valence electrons. The van der Waals surface area contributed by atoms with Gasteiger partial charge in [0.05, 0.1) is 0 Å². The van der Waals surface area contributed by atoms with Crippen LogP contribution in [0.5, 0.6) is 0 Å². The van der Waals surface area contributed by atoms with Gasteiger partial charge in [-0.25, -0.2) is 0 Å². The minimum absolute atomic E-state index is 0. The predicted octanol–water partition coefficient (Wildman–Crippen LogP) is 2.34. The molecule has 1 aliphatic carbocycles. The number of nitrogens with one attached hydrogen (secondary N) is 2. The third-order valence-corrected chi connectivity index (χ3v) is 4.97. The molecule has 2 heterocycles. The van der Waals surface area contributed by atoms with Crippen molar-refractivity contribution in [3.05, 3.63) is 11.8 Å². The highest BCUT2D eigenvalue weighted by atomic mass is 35.5. The minimum atomic E-state index is 0. The third kappa shape index (κ3) is 4.46. The lowest BCUT2D eigenvalue weighted by atomic mass is 9.79. The molecule has 1 amide bonds. The highest BCUT2D eigenvalue weighted by molar-refractivity contribution is 5.89. The lowest BCUT2D eigenvalue weighted by Gasteiger charge is -2.50. The van der Waals surface area contributed by atoms with E-state index in [9.17, 15) is 4.79 Å². The van der Waals surface area contributed by atoms with Crippen molar-refractivity contribution in [1.82, 2.24) is 15.4 Å². The summed E-state index contributed by atoms with van der Waals surface area (Å²) in [6, 6.07) is 1.74. The van der Waals surface area contributed by atoms with Crippen LogP contribution < -0.4 is 10.6 Å². The molecule has 0 atom stereocenters. The van der Waals surface area contributed by atoms with Gasteiger partial charge in [0, 0.05) is 44.2 Å². The van der Waals surface area contributed by atoms with E-state index in [1.807, 2.05) is 6.92 Å².